The zero-order valence-electron chi connectivity index (χ0n) is 28.1. The average Bonchev–Trinajstić information content (AvgIpc) is 3.54. The minimum Gasteiger partial charge on any atom is -0.437 e. The topological polar surface area (TPSA) is 42.8 Å². The van der Waals surface area contributed by atoms with E-state index in [0.717, 1.165) is 45.4 Å². The van der Waals surface area contributed by atoms with Crippen molar-refractivity contribution in [2.45, 2.75) is 86.6 Å². The Bertz CT molecular complexity index is 1810. The fourth-order valence-corrected chi connectivity index (χ4v) is 6.05. The number of benzene rings is 2. The molecule has 0 saturated heterocycles. The van der Waals surface area contributed by atoms with Crippen LogP contribution in [0.4, 0.5) is 0 Å². The minimum absolute atomic E-state index is 0.263. The lowest BCUT2D eigenvalue weighted by Gasteiger charge is -2.17. The number of hydrogen-bond donors (Lipinski definition) is 0. The standard InChI is InChI=1S/C24H25N2O.C11H9N.C6H14/c1-14-6-7-19-18-9-8-17-15(2)26-11-10-16(13-24(3,4)5)12-20(26)21(17)22(18)27-23(19)25-14;1-2-6-10(7-3-1)11-8-4-5-9-12-11;1-3-5-6-4-2/h6-12,15H,13H2,1-5H3;1-9H;3-6H2,1-2H3/q+1;;. The number of hydrogen-bond acceptors (Lipinski definition) is 3. The summed E-state index contributed by atoms with van der Waals surface area (Å²) < 4.78 is 8.66. The lowest BCUT2D eigenvalue weighted by Crippen LogP contribution is -2.35. The molecular weight excluding hydrogens is 550 g/mol. The third kappa shape index (κ3) is 7.50. The Morgan fingerprint density at radius 1 is 0.822 bits per heavy atom. The van der Waals surface area contributed by atoms with Crippen LogP contribution in [0.1, 0.15) is 90.1 Å². The molecule has 5 heterocycles. The second kappa shape index (κ2) is 14.2. The van der Waals surface area contributed by atoms with E-state index in [4.69, 9.17) is 4.42 Å². The van der Waals surface area contributed by atoms with Crippen LogP contribution < -0.4 is 4.57 Å². The van der Waals surface area contributed by atoms with Crippen molar-refractivity contribution in [3.8, 4) is 22.5 Å². The lowest BCUT2D eigenvalue weighted by atomic mass is 9.88. The van der Waals surface area contributed by atoms with Gasteiger partial charge in [0, 0.05) is 52.8 Å². The van der Waals surface area contributed by atoms with E-state index >= 15 is 0 Å². The number of aryl methyl sites for hydroxylation is 1. The van der Waals surface area contributed by atoms with Gasteiger partial charge in [0.2, 0.25) is 11.4 Å². The Hall–Kier alpha value is -4.31. The maximum Gasteiger partial charge on any atom is 0.227 e. The Labute approximate surface area is 269 Å². The van der Waals surface area contributed by atoms with E-state index in [-0.39, 0.29) is 5.41 Å². The summed E-state index contributed by atoms with van der Waals surface area (Å²) in [6, 6.07) is 29.6. The van der Waals surface area contributed by atoms with E-state index in [1.165, 1.54) is 48.1 Å². The van der Waals surface area contributed by atoms with Crippen molar-refractivity contribution in [1.29, 1.82) is 0 Å². The van der Waals surface area contributed by atoms with Gasteiger partial charge in [-0.2, -0.15) is 4.57 Å². The molecule has 6 aromatic rings. The number of aromatic nitrogens is 3. The van der Waals surface area contributed by atoms with E-state index in [1.54, 1.807) is 0 Å². The molecule has 1 aliphatic rings. The molecule has 0 amide bonds. The normalized spacial score (nSPS) is 13.4. The summed E-state index contributed by atoms with van der Waals surface area (Å²) in [6.45, 7) is 15.6. The monoisotopic (exact) mass is 598 g/mol. The fraction of sp³-hybridized carbons (Fsp3) is 0.341. The first-order valence-corrected chi connectivity index (χ1v) is 16.5. The number of pyridine rings is 3. The summed E-state index contributed by atoms with van der Waals surface area (Å²) in [4.78, 5) is 8.85. The van der Waals surface area contributed by atoms with Gasteiger partial charge in [0.25, 0.3) is 0 Å². The van der Waals surface area contributed by atoms with E-state index in [1.807, 2.05) is 49.5 Å². The number of unbranched alkanes of at least 4 members (excludes halogenated alkanes) is 3. The molecule has 0 N–H and O–H groups in total. The van der Waals surface area contributed by atoms with Gasteiger partial charge in [-0.15, -0.1) is 0 Å². The zero-order chi connectivity index (χ0) is 32.0. The highest BCUT2D eigenvalue weighted by Crippen LogP contribution is 2.42. The third-order valence-corrected chi connectivity index (χ3v) is 8.28. The summed E-state index contributed by atoms with van der Waals surface area (Å²) in [6.07, 6.45) is 10.6. The predicted octanol–water partition coefficient (Wildman–Crippen LogP) is 11.1. The molecule has 2 aromatic carbocycles. The largest absolute Gasteiger partial charge is 0.437 e. The summed E-state index contributed by atoms with van der Waals surface area (Å²) in [5.74, 6) is 0. The molecule has 1 aliphatic heterocycles. The van der Waals surface area contributed by atoms with E-state index in [9.17, 15) is 0 Å². The highest BCUT2D eigenvalue weighted by Gasteiger charge is 2.36. The second-order valence-corrected chi connectivity index (χ2v) is 13.3. The smallest absolute Gasteiger partial charge is 0.227 e. The number of rotatable bonds is 5. The molecule has 4 heteroatoms. The molecule has 0 fully saturated rings. The van der Waals surface area contributed by atoms with Gasteiger partial charge < -0.3 is 4.42 Å². The van der Waals surface area contributed by atoms with Gasteiger partial charge in [0.1, 0.15) is 0 Å². The van der Waals surface area contributed by atoms with Crippen molar-refractivity contribution < 1.29 is 8.98 Å². The van der Waals surface area contributed by atoms with Crippen LogP contribution in [-0.2, 0) is 6.42 Å². The molecular formula is C41H48N3O+. The first kappa shape index (κ1) is 32.1. The molecule has 4 nitrogen and oxygen atoms in total. The van der Waals surface area contributed by atoms with Gasteiger partial charge in [-0.1, -0.05) is 103 Å². The summed E-state index contributed by atoms with van der Waals surface area (Å²) in [7, 11) is 0. The number of nitrogens with zero attached hydrogens (tertiary/aromatic N) is 3. The second-order valence-electron chi connectivity index (χ2n) is 13.3. The Kier molecular flexibility index (Phi) is 10.1. The van der Waals surface area contributed by atoms with Crippen LogP contribution >= 0.6 is 0 Å². The molecule has 0 saturated carbocycles. The van der Waals surface area contributed by atoms with Crippen LogP contribution in [-0.4, -0.2) is 9.97 Å². The Morgan fingerprint density at radius 3 is 2.20 bits per heavy atom. The van der Waals surface area contributed by atoms with Crippen molar-refractivity contribution in [3.63, 3.8) is 0 Å². The predicted molar refractivity (Wildman–Crippen MR) is 188 cm³/mol. The molecule has 0 aliphatic carbocycles. The maximum absolute atomic E-state index is 6.30. The molecule has 0 spiro atoms. The highest BCUT2D eigenvalue weighted by atomic mass is 16.3. The summed E-state index contributed by atoms with van der Waals surface area (Å²) >= 11 is 0. The maximum atomic E-state index is 6.30. The van der Waals surface area contributed by atoms with Crippen molar-refractivity contribution in [3.05, 3.63) is 114 Å². The molecule has 45 heavy (non-hydrogen) atoms. The molecule has 1 atom stereocenters. The highest BCUT2D eigenvalue weighted by molar-refractivity contribution is 6.09. The van der Waals surface area contributed by atoms with Crippen LogP contribution in [0.5, 0.6) is 0 Å². The van der Waals surface area contributed by atoms with Crippen molar-refractivity contribution in [1.82, 2.24) is 9.97 Å². The molecule has 232 valence electrons. The quantitative estimate of drug-likeness (QED) is 0.146. The summed E-state index contributed by atoms with van der Waals surface area (Å²) in [5, 5.41) is 2.24. The van der Waals surface area contributed by atoms with E-state index in [0.29, 0.717) is 6.04 Å². The van der Waals surface area contributed by atoms with Gasteiger partial charge in [-0.05, 0) is 54.7 Å². The SMILES string of the molecule is CCCCCC.Cc1ccc2c(n1)oc1c3c(ccc12)C(C)[n+]1ccc(CC(C)(C)C)cc1-3.c1ccc(-c2ccccn2)cc1. The molecule has 4 aromatic heterocycles. The molecule has 1 unspecified atom stereocenters. The third-order valence-electron chi connectivity index (χ3n) is 8.28. The first-order valence-electron chi connectivity index (χ1n) is 16.5. The van der Waals surface area contributed by atoms with Crippen molar-refractivity contribution in [2.75, 3.05) is 0 Å². The number of furan rings is 1. The average molecular weight is 599 g/mol. The summed E-state index contributed by atoms with van der Waals surface area (Å²) in [5.41, 5.74) is 10.3. The van der Waals surface area contributed by atoms with Gasteiger partial charge in [-0.25, -0.2) is 4.98 Å². The van der Waals surface area contributed by atoms with Crippen LogP contribution in [0.25, 0.3) is 44.6 Å². The molecule has 0 bridgehead atoms. The van der Waals surface area contributed by atoms with Crippen LogP contribution in [0.3, 0.4) is 0 Å². The van der Waals surface area contributed by atoms with Crippen molar-refractivity contribution in [2.24, 2.45) is 5.41 Å². The fourth-order valence-electron chi connectivity index (χ4n) is 6.05. The van der Waals surface area contributed by atoms with Gasteiger partial charge in [0.15, 0.2) is 17.8 Å². The minimum atomic E-state index is 0.263. The lowest BCUT2D eigenvalue weighted by molar-refractivity contribution is -0.694. The van der Waals surface area contributed by atoms with Crippen LogP contribution in [0.2, 0.25) is 0 Å². The van der Waals surface area contributed by atoms with Gasteiger partial charge in [-0.3, -0.25) is 4.98 Å². The van der Waals surface area contributed by atoms with E-state index in [2.05, 4.69) is 111 Å². The van der Waals surface area contributed by atoms with Gasteiger partial charge in [0.05, 0.1) is 11.3 Å². The Morgan fingerprint density at radius 2 is 1.53 bits per heavy atom. The number of fused-ring (bicyclic) bond motifs is 7. The molecule has 7 rings (SSSR count). The molecule has 0 radical (unpaired) electrons. The van der Waals surface area contributed by atoms with Crippen LogP contribution in [0, 0.1) is 12.3 Å². The Balaban J connectivity index is 0.000000183. The van der Waals surface area contributed by atoms with E-state index < -0.39 is 0 Å². The zero-order valence-corrected chi connectivity index (χ0v) is 28.1. The van der Waals surface area contributed by atoms with Crippen LogP contribution in [0.15, 0.2) is 102 Å². The first-order chi connectivity index (χ1) is 21.7. The van der Waals surface area contributed by atoms with Gasteiger partial charge >= 0.3 is 0 Å². The van der Waals surface area contributed by atoms with Crippen molar-refractivity contribution >= 4 is 22.1 Å².